The molecule has 1 heterocycles. The van der Waals surface area contributed by atoms with E-state index in [2.05, 4.69) is 15.9 Å². The van der Waals surface area contributed by atoms with Crippen LogP contribution in [0.4, 0.5) is 5.69 Å². The number of hydrogen-bond donors (Lipinski definition) is 1. The van der Waals surface area contributed by atoms with Gasteiger partial charge >= 0.3 is 0 Å². The molecule has 0 bridgehead atoms. The van der Waals surface area contributed by atoms with Crippen LogP contribution < -0.4 is 9.64 Å². The van der Waals surface area contributed by atoms with Crippen molar-refractivity contribution in [2.24, 2.45) is 0 Å². The first-order chi connectivity index (χ1) is 15.3. The third-order valence-corrected chi connectivity index (χ3v) is 7.53. The Kier molecular flexibility index (Phi) is 6.08. The largest absolute Gasteiger partial charge is 0.502 e. The highest BCUT2D eigenvalue weighted by Gasteiger charge is 2.47. The third kappa shape index (κ3) is 3.91. The maximum Gasteiger partial charge on any atom is 0.295 e. The molecule has 3 aromatic carbocycles. The van der Waals surface area contributed by atoms with E-state index in [9.17, 15) is 18.3 Å². The molecule has 1 N–H and O–H groups in total. The number of nitrogens with zero attached hydrogens (tertiary/aromatic N) is 1. The van der Waals surface area contributed by atoms with Crippen molar-refractivity contribution in [2.75, 3.05) is 11.5 Å². The fourth-order valence-electron chi connectivity index (χ4n) is 3.67. The first-order valence-electron chi connectivity index (χ1n) is 9.89. The van der Waals surface area contributed by atoms with Crippen LogP contribution in [-0.2, 0) is 14.6 Å². The molecule has 0 spiro atoms. The number of sulfone groups is 1. The van der Waals surface area contributed by atoms with Gasteiger partial charge in [-0.05, 0) is 61.0 Å². The average molecular weight is 514 g/mol. The SMILES string of the molecule is CCOc1ccc(C2C(S(=O)(=O)c3ccccc3)=C(O)C(=O)N2c2ccc(Br)cc2)cc1. The summed E-state index contributed by atoms with van der Waals surface area (Å²) in [5.74, 6) is -0.937. The lowest BCUT2D eigenvalue weighted by molar-refractivity contribution is -0.117. The summed E-state index contributed by atoms with van der Waals surface area (Å²) < 4.78 is 33.4. The molecule has 32 heavy (non-hydrogen) atoms. The molecule has 0 aliphatic carbocycles. The van der Waals surface area contributed by atoms with Crippen molar-refractivity contribution in [3.8, 4) is 5.75 Å². The van der Waals surface area contributed by atoms with Crippen molar-refractivity contribution in [3.63, 3.8) is 0 Å². The fraction of sp³-hybridized carbons (Fsp3) is 0.125. The Balaban J connectivity index is 1.90. The van der Waals surface area contributed by atoms with Crippen LogP contribution in [0.2, 0.25) is 0 Å². The van der Waals surface area contributed by atoms with Gasteiger partial charge in [-0.15, -0.1) is 0 Å². The Hall–Kier alpha value is -3.10. The summed E-state index contributed by atoms with van der Waals surface area (Å²) in [6.07, 6.45) is 0. The van der Waals surface area contributed by atoms with Crippen LogP contribution in [-0.4, -0.2) is 26.0 Å². The molecule has 0 radical (unpaired) electrons. The number of aliphatic hydroxyl groups excluding tert-OH is 1. The Morgan fingerprint density at radius 1 is 0.969 bits per heavy atom. The summed E-state index contributed by atoms with van der Waals surface area (Å²) in [5.41, 5.74) is 0.991. The quantitative estimate of drug-likeness (QED) is 0.490. The van der Waals surface area contributed by atoms with E-state index >= 15 is 0 Å². The zero-order valence-corrected chi connectivity index (χ0v) is 19.5. The lowest BCUT2D eigenvalue weighted by Crippen LogP contribution is -2.31. The van der Waals surface area contributed by atoms with Crippen molar-refractivity contribution in [1.82, 2.24) is 0 Å². The van der Waals surface area contributed by atoms with Gasteiger partial charge in [-0.2, -0.15) is 0 Å². The molecule has 0 aromatic heterocycles. The Morgan fingerprint density at radius 2 is 1.59 bits per heavy atom. The molecule has 1 aliphatic rings. The molecule has 0 fully saturated rings. The third-order valence-electron chi connectivity index (χ3n) is 5.12. The summed E-state index contributed by atoms with van der Waals surface area (Å²) in [6, 6.07) is 20.4. The maximum atomic E-state index is 13.5. The van der Waals surface area contributed by atoms with Crippen molar-refractivity contribution >= 4 is 37.4 Å². The van der Waals surface area contributed by atoms with E-state index in [1.807, 2.05) is 6.92 Å². The molecule has 164 valence electrons. The Bertz CT molecular complexity index is 1270. The number of aliphatic hydroxyl groups is 1. The van der Waals surface area contributed by atoms with Crippen LogP contribution in [0.1, 0.15) is 18.5 Å². The van der Waals surface area contributed by atoms with Crippen molar-refractivity contribution < 1.29 is 23.1 Å². The van der Waals surface area contributed by atoms with E-state index in [0.717, 1.165) is 4.47 Å². The summed E-state index contributed by atoms with van der Waals surface area (Å²) in [7, 11) is -4.16. The number of carbonyl (C=O) groups excluding carboxylic acids is 1. The van der Waals surface area contributed by atoms with Gasteiger partial charge in [0.25, 0.3) is 5.91 Å². The highest BCUT2D eigenvalue weighted by atomic mass is 79.9. The molecule has 1 aliphatic heterocycles. The summed E-state index contributed by atoms with van der Waals surface area (Å²) in [4.78, 5) is 14.1. The summed E-state index contributed by atoms with van der Waals surface area (Å²) >= 11 is 3.36. The number of ether oxygens (including phenoxy) is 1. The molecule has 1 amide bonds. The maximum absolute atomic E-state index is 13.5. The normalized spacial score (nSPS) is 16.5. The predicted octanol–water partition coefficient (Wildman–Crippen LogP) is 5.18. The van der Waals surface area contributed by atoms with Gasteiger partial charge in [-0.1, -0.05) is 46.3 Å². The minimum atomic E-state index is -4.16. The van der Waals surface area contributed by atoms with E-state index in [4.69, 9.17) is 4.74 Å². The molecule has 3 aromatic rings. The first-order valence-corrected chi connectivity index (χ1v) is 12.2. The minimum Gasteiger partial charge on any atom is -0.502 e. The number of halogens is 1. The number of amides is 1. The standard InChI is InChI=1S/C24H20BrNO5S/c1-2-31-19-14-8-16(9-15-19)21-23(32(29,30)20-6-4-3-5-7-20)22(27)24(28)26(21)18-12-10-17(25)11-13-18/h3-15,21,27H,2H2,1H3. The fourth-order valence-corrected chi connectivity index (χ4v) is 5.58. The number of anilines is 1. The summed E-state index contributed by atoms with van der Waals surface area (Å²) in [6.45, 7) is 2.35. The molecule has 0 saturated heterocycles. The second-order valence-electron chi connectivity index (χ2n) is 7.09. The van der Waals surface area contributed by atoms with E-state index < -0.39 is 27.5 Å². The topological polar surface area (TPSA) is 83.9 Å². The first kappa shape index (κ1) is 22.1. The smallest absolute Gasteiger partial charge is 0.295 e. The van der Waals surface area contributed by atoms with Gasteiger partial charge < -0.3 is 9.84 Å². The van der Waals surface area contributed by atoms with Crippen LogP contribution in [0.3, 0.4) is 0 Å². The molecule has 0 saturated carbocycles. The van der Waals surface area contributed by atoms with Crippen LogP contribution in [0.25, 0.3) is 0 Å². The molecular weight excluding hydrogens is 494 g/mol. The van der Waals surface area contributed by atoms with Gasteiger partial charge in [0, 0.05) is 10.2 Å². The second kappa shape index (κ2) is 8.80. The van der Waals surface area contributed by atoms with Crippen LogP contribution >= 0.6 is 15.9 Å². The molecule has 1 atom stereocenters. The van der Waals surface area contributed by atoms with Gasteiger partial charge in [0.2, 0.25) is 9.84 Å². The van der Waals surface area contributed by atoms with Crippen LogP contribution in [0.5, 0.6) is 5.75 Å². The lowest BCUT2D eigenvalue weighted by atomic mass is 10.1. The van der Waals surface area contributed by atoms with Gasteiger partial charge in [0.15, 0.2) is 5.76 Å². The zero-order chi connectivity index (χ0) is 22.9. The van der Waals surface area contributed by atoms with Gasteiger partial charge in [0.1, 0.15) is 16.7 Å². The monoisotopic (exact) mass is 513 g/mol. The zero-order valence-electron chi connectivity index (χ0n) is 17.1. The van der Waals surface area contributed by atoms with Gasteiger partial charge in [-0.3, -0.25) is 9.69 Å². The number of hydrogen-bond acceptors (Lipinski definition) is 5. The molecule has 6 nitrogen and oxygen atoms in total. The number of carbonyl (C=O) groups is 1. The number of benzene rings is 3. The van der Waals surface area contributed by atoms with Gasteiger partial charge in [0.05, 0.1) is 11.5 Å². The van der Waals surface area contributed by atoms with E-state index in [-0.39, 0.29) is 9.80 Å². The summed E-state index contributed by atoms with van der Waals surface area (Å²) in [5, 5.41) is 10.8. The molecule has 1 unspecified atom stereocenters. The van der Waals surface area contributed by atoms with E-state index in [1.165, 1.54) is 17.0 Å². The highest BCUT2D eigenvalue weighted by molar-refractivity contribution is 9.10. The van der Waals surface area contributed by atoms with Crippen molar-refractivity contribution in [2.45, 2.75) is 17.9 Å². The van der Waals surface area contributed by atoms with Crippen molar-refractivity contribution in [1.29, 1.82) is 0 Å². The van der Waals surface area contributed by atoms with Gasteiger partial charge in [-0.25, -0.2) is 8.42 Å². The molecule has 8 heteroatoms. The van der Waals surface area contributed by atoms with Crippen LogP contribution in [0.15, 0.2) is 98.9 Å². The van der Waals surface area contributed by atoms with E-state index in [0.29, 0.717) is 23.6 Å². The Morgan fingerprint density at radius 3 is 2.19 bits per heavy atom. The Labute approximate surface area is 194 Å². The predicted molar refractivity (Wildman–Crippen MR) is 125 cm³/mol. The average Bonchev–Trinajstić information content (AvgIpc) is 3.07. The molecule has 4 rings (SSSR count). The second-order valence-corrected chi connectivity index (χ2v) is 9.92. The van der Waals surface area contributed by atoms with E-state index in [1.54, 1.807) is 66.7 Å². The van der Waals surface area contributed by atoms with Crippen LogP contribution in [0, 0.1) is 0 Å². The lowest BCUT2D eigenvalue weighted by Gasteiger charge is -2.27. The van der Waals surface area contributed by atoms with Crippen molar-refractivity contribution in [3.05, 3.63) is 99.6 Å². The molecular formula is C24H20BrNO5S. The number of rotatable bonds is 6. The minimum absolute atomic E-state index is 0.00272. The highest BCUT2D eigenvalue weighted by Crippen LogP contribution is 2.45.